The first-order chi connectivity index (χ1) is 9.22. The first kappa shape index (κ1) is 16.4. The van der Waals surface area contributed by atoms with E-state index >= 15 is 0 Å². The summed E-state index contributed by atoms with van der Waals surface area (Å²) in [6.45, 7) is 7.09. The predicted octanol–water partition coefficient (Wildman–Crippen LogP) is 2.18. The summed E-state index contributed by atoms with van der Waals surface area (Å²) in [6, 6.07) is 0.561. The summed E-state index contributed by atoms with van der Waals surface area (Å²) in [5.74, 6) is -0.137. The number of likely N-dealkylation sites (N-methyl/N-ethyl adjacent to an activating group) is 1. The molecule has 0 amide bonds. The van der Waals surface area contributed by atoms with Gasteiger partial charge in [0.15, 0.2) is 0 Å². The van der Waals surface area contributed by atoms with E-state index in [2.05, 4.69) is 17.1 Å². The van der Waals surface area contributed by atoms with Gasteiger partial charge in [-0.2, -0.15) is 0 Å². The molecular formula is C15H30N2O2. The summed E-state index contributed by atoms with van der Waals surface area (Å²) in [6.07, 6.45) is 7.57. The normalized spacial score (nSPS) is 18.5. The molecule has 1 N–H and O–H groups in total. The van der Waals surface area contributed by atoms with Crippen molar-refractivity contribution in [3.8, 4) is 0 Å². The molecule has 4 nitrogen and oxygen atoms in total. The van der Waals surface area contributed by atoms with Gasteiger partial charge in [-0.05, 0) is 32.4 Å². The average Bonchev–Trinajstić information content (AvgIpc) is 2.47. The van der Waals surface area contributed by atoms with Crippen LogP contribution in [0.2, 0.25) is 0 Å². The number of ether oxygens (including phenoxy) is 1. The maximum atomic E-state index is 11.7. The van der Waals surface area contributed by atoms with Crippen LogP contribution in [0.15, 0.2) is 0 Å². The van der Waals surface area contributed by atoms with Crippen molar-refractivity contribution in [1.82, 2.24) is 10.2 Å². The van der Waals surface area contributed by atoms with E-state index < -0.39 is 0 Å². The third-order valence-electron chi connectivity index (χ3n) is 4.14. The predicted molar refractivity (Wildman–Crippen MR) is 78.2 cm³/mol. The van der Waals surface area contributed by atoms with Gasteiger partial charge in [0.1, 0.15) is 6.04 Å². The fourth-order valence-corrected chi connectivity index (χ4v) is 3.03. The molecule has 0 aliphatic heterocycles. The highest BCUT2D eigenvalue weighted by Gasteiger charge is 2.23. The average molecular weight is 270 g/mol. The van der Waals surface area contributed by atoms with Crippen molar-refractivity contribution >= 4 is 5.97 Å². The van der Waals surface area contributed by atoms with E-state index in [1.54, 1.807) is 0 Å². The Balaban J connectivity index is 2.42. The number of methoxy groups -OCH3 is 1. The second kappa shape index (κ2) is 9.32. The van der Waals surface area contributed by atoms with Crippen LogP contribution in [-0.4, -0.2) is 49.7 Å². The number of esters is 1. The Morgan fingerprint density at radius 3 is 2.53 bits per heavy atom. The standard InChI is InChI=1S/C15H30N2O2/c1-4-16-14(15(18)19-3)11-12-17(5-2)13-9-7-6-8-10-13/h13-14,16H,4-12H2,1-3H3. The van der Waals surface area contributed by atoms with Gasteiger partial charge < -0.3 is 15.0 Å². The van der Waals surface area contributed by atoms with E-state index in [4.69, 9.17) is 4.74 Å². The van der Waals surface area contributed by atoms with Gasteiger partial charge in [-0.3, -0.25) is 4.79 Å². The largest absolute Gasteiger partial charge is 0.468 e. The Labute approximate surface area is 117 Å². The fraction of sp³-hybridized carbons (Fsp3) is 0.933. The zero-order valence-electron chi connectivity index (χ0n) is 12.8. The van der Waals surface area contributed by atoms with Crippen molar-refractivity contribution in [2.24, 2.45) is 0 Å². The lowest BCUT2D eigenvalue weighted by molar-refractivity contribution is -0.143. The van der Waals surface area contributed by atoms with Gasteiger partial charge in [0.05, 0.1) is 7.11 Å². The Kier molecular flexibility index (Phi) is 8.07. The van der Waals surface area contributed by atoms with Gasteiger partial charge >= 0.3 is 5.97 Å². The van der Waals surface area contributed by atoms with Gasteiger partial charge in [0.25, 0.3) is 0 Å². The molecule has 0 spiro atoms. The van der Waals surface area contributed by atoms with Crippen LogP contribution >= 0.6 is 0 Å². The number of nitrogens with one attached hydrogen (secondary N) is 1. The maximum absolute atomic E-state index is 11.7. The van der Waals surface area contributed by atoms with E-state index in [9.17, 15) is 4.79 Å². The first-order valence-electron chi connectivity index (χ1n) is 7.78. The number of carbonyl (C=O) groups excluding carboxylic acids is 1. The molecule has 4 heteroatoms. The van der Waals surface area contributed by atoms with Gasteiger partial charge in [0.2, 0.25) is 0 Å². The van der Waals surface area contributed by atoms with Gasteiger partial charge in [-0.1, -0.05) is 33.1 Å². The molecule has 19 heavy (non-hydrogen) atoms. The maximum Gasteiger partial charge on any atom is 0.322 e. The van der Waals surface area contributed by atoms with E-state index in [0.29, 0.717) is 0 Å². The molecule has 1 aliphatic carbocycles. The molecule has 1 atom stereocenters. The lowest BCUT2D eigenvalue weighted by Crippen LogP contribution is -2.43. The van der Waals surface area contributed by atoms with Gasteiger partial charge in [-0.15, -0.1) is 0 Å². The van der Waals surface area contributed by atoms with E-state index in [1.165, 1.54) is 39.2 Å². The summed E-state index contributed by atoms with van der Waals surface area (Å²) >= 11 is 0. The number of hydrogen-bond acceptors (Lipinski definition) is 4. The minimum Gasteiger partial charge on any atom is -0.468 e. The zero-order chi connectivity index (χ0) is 14.1. The van der Waals surface area contributed by atoms with Crippen molar-refractivity contribution in [3.05, 3.63) is 0 Å². The molecule has 1 aliphatic rings. The Morgan fingerprint density at radius 1 is 1.32 bits per heavy atom. The number of nitrogens with zero attached hydrogens (tertiary/aromatic N) is 1. The molecule has 1 unspecified atom stereocenters. The topological polar surface area (TPSA) is 41.6 Å². The first-order valence-corrected chi connectivity index (χ1v) is 7.78. The van der Waals surface area contributed by atoms with Crippen molar-refractivity contribution in [1.29, 1.82) is 0 Å². The summed E-state index contributed by atoms with van der Waals surface area (Å²) < 4.78 is 4.86. The highest BCUT2D eigenvalue weighted by atomic mass is 16.5. The molecule has 0 saturated heterocycles. The Morgan fingerprint density at radius 2 is 2.00 bits per heavy atom. The van der Waals surface area contributed by atoms with Gasteiger partial charge in [0, 0.05) is 12.6 Å². The number of hydrogen-bond donors (Lipinski definition) is 1. The van der Waals surface area contributed by atoms with Crippen LogP contribution in [0.4, 0.5) is 0 Å². The molecule has 112 valence electrons. The summed E-state index contributed by atoms with van der Waals surface area (Å²) in [5, 5.41) is 3.21. The Hall–Kier alpha value is -0.610. The third-order valence-corrected chi connectivity index (χ3v) is 4.14. The summed E-state index contributed by atoms with van der Waals surface area (Å²) in [7, 11) is 1.46. The van der Waals surface area contributed by atoms with E-state index in [0.717, 1.165) is 32.1 Å². The van der Waals surface area contributed by atoms with Crippen molar-refractivity contribution in [2.75, 3.05) is 26.7 Å². The zero-order valence-corrected chi connectivity index (χ0v) is 12.8. The van der Waals surface area contributed by atoms with Crippen LogP contribution in [-0.2, 0) is 9.53 Å². The summed E-state index contributed by atoms with van der Waals surface area (Å²) in [4.78, 5) is 14.2. The molecule has 1 saturated carbocycles. The van der Waals surface area contributed by atoms with Crippen LogP contribution in [0.1, 0.15) is 52.4 Å². The van der Waals surface area contributed by atoms with Crippen LogP contribution in [0.3, 0.4) is 0 Å². The molecule has 0 bridgehead atoms. The monoisotopic (exact) mass is 270 g/mol. The highest BCUT2D eigenvalue weighted by Crippen LogP contribution is 2.22. The minimum atomic E-state index is -0.160. The highest BCUT2D eigenvalue weighted by molar-refractivity contribution is 5.75. The molecule has 0 aromatic heterocycles. The summed E-state index contributed by atoms with van der Waals surface area (Å²) in [5.41, 5.74) is 0. The van der Waals surface area contributed by atoms with Crippen molar-refractivity contribution < 1.29 is 9.53 Å². The molecule has 0 radical (unpaired) electrons. The number of rotatable bonds is 8. The quantitative estimate of drug-likeness (QED) is 0.686. The molecule has 1 rings (SSSR count). The van der Waals surface area contributed by atoms with Crippen LogP contribution in [0, 0.1) is 0 Å². The lowest BCUT2D eigenvalue weighted by Gasteiger charge is -2.34. The Bertz CT molecular complexity index is 253. The molecular weight excluding hydrogens is 240 g/mol. The van der Waals surface area contributed by atoms with Crippen LogP contribution in [0.5, 0.6) is 0 Å². The second-order valence-corrected chi connectivity index (χ2v) is 5.34. The lowest BCUT2D eigenvalue weighted by atomic mass is 9.94. The van der Waals surface area contributed by atoms with Crippen molar-refractivity contribution in [2.45, 2.75) is 64.5 Å². The number of carbonyl (C=O) groups is 1. The van der Waals surface area contributed by atoms with E-state index in [-0.39, 0.29) is 12.0 Å². The molecule has 1 fully saturated rings. The van der Waals surface area contributed by atoms with Crippen LogP contribution in [0.25, 0.3) is 0 Å². The fourth-order valence-electron chi connectivity index (χ4n) is 3.03. The van der Waals surface area contributed by atoms with Crippen LogP contribution < -0.4 is 5.32 Å². The van der Waals surface area contributed by atoms with Gasteiger partial charge in [-0.25, -0.2) is 0 Å². The smallest absolute Gasteiger partial charge is 0.322 e. The third kappa shape index (κ3) is 5.49. The SMILES string of the molecule is CCNC(CCN(CC)C1CCCCC1)C(=O)OC. The molecule has 0 heterocycles. The molecule has 0 aromatic rings. The van der Waals surface area contributed by atoms with Crippen molar-refractivity contribution in [3.63, 3.8) is 0 Å². The van der Waals surface area contributed by atoms with E-state index in [1.807, 2.05) is 6.92 Å². The second-order valence-electron chi connectivity index (χ2n) is 5.34. The minimum absolute atomic E-state index is 0.137. The molecule has 0 aromatic carbocycles.